The minimum absolute atomic E-state index is 0.169. The summed E-state index contributed by atoms with van der Waals surface area (Å²) in [6.07, 6.45) is 0. The van der Waals surface area contributed by atoms with E-state index < -0.39 is 5.97 Å². The van der Waals surface area contributed by atoms with E-state index in [4.69, 9.17) is 15.2 Å². The summed E-state index contributed by atoms with van der Waals surface area (Å²) in [6, 6.07) is 12.7. The molecule has 0 aromatic heterocycles. The maximum Gasteiger partial charge on any atom is 0.340 e. The Labute approximate surface area is 132 Å². The molecule has 0 heterocycles. The molecule has 0 saturated heterocycles. The number of hydrogen-bond acceptors (Lipinski definition) is 4. The van der Waals surface area contributed by atoms with Gasteiger partial charge in [0, 0.05) is 10.2 Å². The van der Waals surface area contributed by atoms with E-state index in [1.807, 2.05) is 37.3 Å². The number of halogens is 1. The second kappa shape index (κ2) is 7.13. The quantitative estimate of drug-likeness (QED) is 0.509. The van der Waals surface area contributed by atoms with Gasteiger partial charge in [-0.2, -0.15) is 0 Å². The van der Waals surface area contributed by atoms with E-state index in [9.17, 15) is 4.79 Å². The van der Waals surface area contributed by atoms with Crippen molar-refractivity contribution in [3.05, 3.63) is 58.1 Å². The largest absolute Gasteiger partial charge is 0.490 e. The summed E-state index contributed by atoms with van der Waals surface area (Å²) >= 11 is 3.35. The van der Waals surface area contributed by atoms with Gasteiger partial charge in [-0.25, -0.2) is 4.79 Å². The lowest BCUT2D eigenvalue weighted by atomic mass is 10.1. The van der Waals surface area contributed by atoms with Crippen molar-refractivity contribution in [1.82, 2.24) is 0 Å². The average molecular weight is 350 g/mol. The van der Waals surface area contributed by atoms with Crippen LogP contribution in [-0.4, -0.2) is 19.2 Å². The van der Waals surface area contributed by atoms with E-state index in [-0.39, 0.29) is 6.61 Å². The molecule has 2 aromatic carbocycles. The minimum Gasteiger partial charge on any atom is -0.490 e. The minimum atomic E-state index is -0.435. The number of aryl methyl sites for hydroxylation is 1. The zero-order valence-electron chi connectivity index (χ0n) is 11.6. The SMILES string of the molecule is Cc1cccc(C(=O)OCCOc2ccc(Br)cc2)c1N. The monoisotopic (exact) mass is 349 g/mol. The first-order valence-corrected chi connectivity index (χ1v) is 7.28. The standard InChI is InChI=1S/C16H16BrNO3/c1-11-3-2-4-14(15(11)18)16(19)21-10-9-20-13-7-5-12(17)6-8-13/h2-8H,9-10,18H2,1H3. The Morgan fingerprint density at radius 2 is 1.86 bits per heavy atom. The van der Waals surface area contributed by atoms with Gasteiger partial charge in [-0.1, -0.05) is 28.1 Å². The van der Waals surface area contributed by atoms with Gasteiger partial charge in [-0.05, 0) is 42.8 Å². The lowest BCUT2D eigenvalue weighted by Crippen LogP contribution is -2.14. The third-order valence-electron chi connectivity index (χ3n) is 2.94. The van der Waals surface area contributed by atoms with Crippen LogP contribution in [-0.2, 0) is 4.74 Å². The van der Waals surface area contributed by atoms with Crippen molar-refractivity contribution >= 4 is 27.6 Å². The number of esters is 1. The molecule has 0 fully saturated rings. The van der Waals surface area contributed by atoms with Gasteiger partial charge < -0.3 is 15.2 Å². The Kier molecular flexibility index (Phi) is 5.22. The van der Waals surface area contributed by atoms with Crippen molar-refractivity contribution in [2.45, 2.75) is 6.92 Å². The normalized spacial score (nSPS) is 10.2. The third-order valence-corrected chi connectivity index (χ3v) is 3.47. The fourth-order valence-electron chi connectivity index (χ4n) is 1.76. The lowest BCUT2D eigenvalue weighted by Gasteiger charge is -2.09. The van der Waals surface area contributed by atoms with E-state index in [0.29, 0.717) is 17.9 Å². The smallest absolute Gasteiger partial charge is 0.340 e. The first-order chi connectivity index (χ1) is 10.1. The molecule has 4 nitrogen and oxygen atoms in total. The summed E-state index contributed by atoms with van der Waals surface area (Å²) in [7, 11) is 0. The number of benzene rings is 2. The Hall–Kier alpha value is -2.01. The van der Waals surface area contributed by atoms with Crippen LogP contribution < -0.4 is 10.5 Å². The van der Waals surface area contributed by atoms with Crippen LogP contribution >= 0.6 is 15.9 Å². The van der Waals surface area contributed by atoms with Crippen LogP contribution in [0.4, 0.5) is 5.69 Å². The van der Waals surface area contributed by atoms with E-state index in [1.54, 1.807) is 12.1 Å². The summed E-state index contributed by atoms with van der Waals surface area (Å²) < 4.78 is 11.6. The number of ether oxygens (including phenoxy) is 2. The third kappa shape index (κ3) is 4.23. The predicted molar refractivity (Wildman–Crippen MR) is 85.5 cm³/mol. The van der Waals surface area contributed by atoms with Crippen LogP contribution in [0.25, 0.3) is 0 Å². The average Bonchev–Trinajstić information content (AvgIpc) is 2.48. The fraction of sp³-hybridized carbons (Fsp3) is 0.188. The molecule has 21 heavy (non-hydrogen) atoms. The molecule has 2 aromatic rings. The molecule has 110 valence electrons. The zero-order valence-corrected chi connectivity index (χ0v) is 13.2. The highest BCUT2D eigenvalue weighted by atomic mass is 79.9. The van der Waals surface area contributed by atoms with Crippen molar-refractivity contribution < 1.29 is 14.3 Å². The summed E-state index contributed by atoms with van der Waals surface area (Å²) in [5.74, 6) is 0.292. The Morgan fingerprint density at radius 1 is 1.14 bits per heavy atom. The number of hydrogen-bond donors (Lipinski definition) is 1. The molecular formula is C16H16BrNO3. The number of carbonyl (C=O) groups excluding carboxylic acids is 1. The van der Waals surface area contributed by atoms with Crippen LogP contribution in [0.15, 0.2) is 46.9 Å². The van der Waals surface area contributed by atoms with Crippen LogP contribution in [0.5, 0.6) is 5.75 Å². The molecule has 0 radical (unpaired) electrons. The van der Waals surface area contributed by atoms with Crippen molar-refractivity contribution in [2.75, 3.05) is 18.9 Å². The molecule has 0 aliphatic heterocycles. The van der Waals surface area contributed by atoms with Crippen molar-refractivity contribution in [3.63, 3.8) is 0 Å². The highest BCUT2D eigenvalue weighted by Crippen LogP contribution is 2.18. The van der Waals surface area contributed by atoms with E-state index in [2.05, 4.69) is 15.9 Å². The summed E-state index contributed by atoms with van der Waals surface area (Å²) in [4.78, 5) is 11.9. The van der Waals surface area contributed by atoms with Crippen LogP contribution in [0.1, 0.15) is 15.9 Å². The summed E-state index contributed by atoms with van der Waals surface area (Å²) in [5, 5.41) is 0. The first kappa shape index (κ1) is 15.4. The lowest BCUT2D eigenvalue weighted by molar-refractivity contribution is 0.0451. The van der Waals surface area contributed by atoms with Crippen LogP contribution in [0, 0.1) is 6.92 Å². The Balaban J connectivity index is 1.82. The van der Waals surface area contributed by atoms with Gasteiger partial charge in [0.2, 0.25) is 0 Å². The summed E-state index contributed by atoms with van der Waals surface area (Å²) in [6.45, 7) is 2.31. The molecule has 0 spiro atoms. The molecule has 0 aliphatic rings. The van der Waals surface area contributed by atoms with Gasteiger partial charge in [0.15, 0.2) is 0 Å². The van der Waals surface area contributed by atoms with Crippen LogP contribution in [0.3, 0.4) is 0 Å². The Morgan fingerprint density at radius 3 is 2.57 bits per heavy atom. The zero-order chi connectivity index (χ0) is 15.2. The maximum atomic E-state index is 11.9. The molecule has 0 bridgehead atoms. The number of para-hydroxylation sites is 1. The highest BCUT2D eigenvalue weighted by molar-refractivity contribution is 9.10. The van der Waals surface area contributed by atoms with E-state index in [1.165, 1.54) is 0 Å². The van der Waals surface area contributed by atoms with Gasteiger partial charge in [-0.15, -0.1) is 0 Å². The molecule has 0 saturated carbocycles. The molecule has 2 N–H and O–H groups in total. The molecule has 0 amide bonds. The van der Waals surface area contributed by atoms with Crippen LogP contribution in [0.2, 0.25) is 0 Å². The maximum absolute atomic E-state index is 11.9. The first-order valence-electron chi connectivity index (χ1n) is 6.48. The highest BCUT2D eigenvalue weighted by Gasteiger charge is 2.12. The number of anilines is 1. The van der Waals surface area contributed by atoms with Crippen molar-refractivity contribution in [3.8, 4) is 5.75 Å². The second-order valence-electron chi connectivity index (χ2n) is 4.47. The Bertz CT molecular complexity index is 626. The van der Waals surface area contributed by atoms with Gasteiger partial charge in [0.25, 0.3) is 0 Å². The fourth-order valence-corrected chi connectivity index (χ4v) is 2.03. The van der Waals surface area contributed by atoms with Crippen molar-refractivity contribution in [1.29, 1.82) is 0 Å². The number of carbonyl (C=O) groups is 1. The van der Waals surface area contributed by atoms with Gasteiger partial charge in [-0.3, -0.25) is 0 Å². The van der Waals surface area contributed by atoms with Crippen molar-refractivity contribution in [2.24, 2.45) is 0 Å². The molecule has 0 atom stereocenters. The van der Waals surface area contributed by atoms with Gasteiger partial charge in [0.05, 0.1) is 5.56 Å². The number of nitrogen functional groups attached to an aromatic ring is 1. The predicted octanol–water partition coefficient (Wildman–Crippen LogP) is 3.58. The molecular weight excluding hydrogens is 334 g/mol. The molecule has 0 unspecified atom stereocenters. The van der Waals surface area contributed by atoms with Gasteiger partial charge >= 0.3 is 5.97 Å². The molecule has 2 rings (SSSR count). The second-order valence-corrected chi connectivity index (χ2v) is 5.39. The molecule has 0 aliphatic carbocycles. The van der Waals surface area contributed by atoms with Gasteiger partial charge in [0.1, 0.15) is 19.0 Å². The number of rotatable bonds is 5. The number of nitrogens with two attached hydrogens (primary N) is 1. The van der Waals surface area contributed by atoms with E-state index in [0.717, 1.165) is 15.8 Å². The van der Waals surface area contributed by atoms with E-state index >= 15 is 0 Å². The summed E-state index contributed by atoms with van der Waals surface area (Å²) in [5.41, 5.74) is 7.56. The molecule has 5 heteroatoms. The topological polar surface area (TPSA) is 61.5 Å².